The SMILES string of the molecule is CC(Cn1ccnc1)NCc1cc(F)cc(Br)c1. The Bertz CT molecular complexity index is 479. The van der Waals surface area contributed by atoms with Gasteiger partial charge in [0.2, 0.25) is 0 Å². The van der Waals surface area contributed by atoms with Crippen LogP contribution in [0.2, 0.25) is 0 Å². The minimum absolute atomic E-state index is 0.219. The lowest BCUT2D eigenvalue weighted by atomic mass is 10.2. The molecule has 0 saturated carbocycles. The van der Waals surface area contributed by atoms with Gasteiger partial charge >= 0.3 is 0 Å². The molecule has 5 heteroatoms. The fourth-order valence-electron chi connectivity index (χ4n) is 1.78. The maximum Gasteiger partial charge on any atom is 0.124 e. The molecule has 1 aromatic carbocycles. The van der Waals surface area contributed by atoms with E-state index >= 15 is 0 Å². The molecule has 0 bridgehead atoms. The Balaban J connectivity index is 1.87. The first-order chi connectivity index (χ1) is 8.63. The monoisotopic (exact) mass is 311 g/mol. The van der Waals surface area contributed by atoms with Gasteiger partial charge in [0.15, 0.2) is 0 Å². The van der Waals surface area contributed by atoms with E-state index in [9.17, 15) is 4.39 Å². The van der Waals surface area contributed by atoms with Crippen LogP contribution in [0.3, 0.4) is 0 Å². The first-order valence-corrected chi connectivity index (χ1v) is 6.57. The molecule has 0 aliphatic heterocycles. The predicted molar refractivity (Wildman–Crippen MR) is 72.6 cm³/mol. The Morgan fingerprint density at radius 3 is 2.94 bits per heavy atom. The summed E-state index contributed by atoms with van der Waals surface area (Å²) in [5.74, 6) is -0.219. The second-order valence-electron chi connectivity index (χ2n) is 4.32. The van der Waals surface area contributed by atoms with Gasteiger partial charge in [-0.2, -0.15) is 0 Å². The predicted octanol–water partition coefficient (Wildman–Crippen LogP) is 2.96. The molecule has 0 aliphatic carbocycles. The number of nitrogens with zero attached hydrogens (tertiary/aromatic N) is 2. The first-order valence-electron chi connectivity index (χ1n) is 5.77. The van der Waals surface area contributed by atoms with Crippen molar-refractivity contribution >= 4 is 15.9 Å². The zero-order chi connectivity index (χ0) is 13.0. The summed E-state index contributed by atoms with van der Waals surface area (Å²) in [4.78, 5) is 4.00. The summed E-state index contributed by atoms with van der Waals surface area (Å²) in [6.45, 7) is 3.58. The Labute approximate surface area is 114 Å². The number of nitrogens with one attached hydrogen (secondary N) is 1. The largest absolute Gasteiger partial charge is 0.336 e. The summed E-state index contributed by atoms with van der Waals surface area (Å²) < 4.78 is 16.0. The second-order valence-corrected chi connectivity index (χ2v) is 5.23. The average Bonchev–Trinajstić information content (AvgIpc) is 2.78. The molecule has 3 nitrogen and oxygen atoms in total. The summed E-state index contributed by atoms with van der Waals surface area (Å²) in [6, 6.07) is 5.21. The van der Waals surface area contributed by atoms with Crippen molar-refractivity contribution < 1.29 is 4.39 Å². The van der Waals surface area contributed by atoms with Crippen molar-refractivity contribution in [2.24, 2.45) is 0 Å². The van der Waals surface area contributed by atoms with Crippen LogP contribution in [-0.2, 0) is 13.1 Å². The van der Waals surface area contributed by atoms with Crippen LogP contribution >= 0.6 is 15.9 Å². The van der Waals surface area contributed by atoms with E-state index in [1.54, 1.807) is 18.6 Å². The van der Waals surface area contributed by atoms with Gasteiger partial charge in [-0.25, -0.2) is 9.37 Å². The van der Waals surface area contributed by atoms with Gasteiger partial charge in [-0.15, -0.1) is 0 Å². The normalized spacial score (nSPS) is 12.6. The molecule has 0 spiro atoms. The van der Waals surface area contributed by atoms with Crippen LogP contribution in [0.15, 0.2) is 41.4 Å². The smallest absolute Gasteiger partial charge is 0.124 e. The molecule has 1 N–H and O–H groups in total. The first kappa shape index (κ1) is 13.2. The summed E-state index contributed by atoms with van der Waals surface area (Å²) in [7, 11) is 0. The third kappa shape index (κ3) is 3.92. The van der Waals surface area contributed by atoms with Gasteiger partial charge < -0.3 is 9.88 Å². The van der Waals surface area contributed by atoms with Crippen LogP contribution < -0.4 is 5.32 Å². The van der Waals surface area contributed by atoms with Gasteiger partial charge in [-0.1, -0.05) is 15.9 Å². The van der Waals surface area contributed by atoms with E-state index in [1.165, 1.54) is 6.07 Å². The van der Waals surface area contributed by atoms with Gasteiger partial charge in [0, 0.05) is 36.0 Å². The molecule has 2 aromatic rings. The summed E-state index contributed by atoms with van der Waals surface area (Å²) in [5, 5.41) is 3.36. The number of halogens is 2. The van der Waals surface area contributed by atoms with Crippen molar-refractivity contribution in [3.05, 3.63) is 52.8 Å². The van der Waals surface area contributed by atoms with Crippen molar-refractivity contribution in [1.29, 1.82) is 0 Å². The van der Waals surface area contributed by atoms with E-state index in [4.69, 9.17) is 0 Å². The molecule has 1 atom stereocenters. The Kier molecular flexibility index (Phi) is 4.49. The minimum Gasteiger partial charge on any atom is -0.336 e. The zero-order valence-electron chi connectivity index (χ0n) is 10.1. The molecular formula is C13H15BrFN3. The molecule has 0 aliphatic rings. The lowest BCUT2D eigenvalue weighted by Gasteiger charge is -2.14. The topological polar surface area (TPSA) is 29.9 Å². The molecule has 0 amide bonds. The van der Waals surface area contributed by atoms with Crippen LogP contribution in [0.25, 0.3) is 0 Å². The number of hydrogen-bond donors (Lipinski definition) is 1. The number of aromatic nitrogens is 2. The van der Waals surface area contributed by atoms with Crippen molar-refractivity contribution in [2.75, 3.05) is 0 Å². The minimum atomic E-state index is -0.219. The number of benzene rings is 1. The van der Waals surface area contributed by atoms with Crippen molar-refractivity contribution in [3.8, 4) is 0 Å². The van der Waals surface area contributed by atoms with E-state index in [-0.39, 0.29) is 5.82 Å². The van der Waals surface area contributed by atoms with Gasteiger partial charge in [0.1, 0.15) is 5.82 Å². The molecule has 2 rings (SSSR count). The lowest BCUT2D eigenvalue weighted by molar-refractivity contribution is 0.475. The highest BCUT2D eigenvalue weighted by molar-refractivity contribution is 9.10. The van der Waals surface area contributed by atoms with E-state index in [0.29, 0.717) is 12.6 Å². The van der Waals surface area contributed by atoms with Crippen LogP contribution in [0.1, 0.15) is 12.5 Å². The van der Waals surface area contributed by atoms with Gasteiger partial charge in [0.25, 0.3) is 0 Å². The quantitative estimate of drug-likeness (QED) is 0.920. The van der Waals surface area contributed by atoms with Crippen LogP contribution in [0, 0.1) is 5.82 Å². The summed E-state index contributed by atoms with van der Waals surface area (Å²) >= 11 is 3.29. The molecule has 18 heavy (non-hydrogen) atoms. The highest BCUT2D eigenvalue weighted by Gasteiger charge is 2.04. The third-order valence-corrected chi connectivity index (χ3v) is 3.08. The molecule has 1 aromatic heterocycles. The summed E-state index contributed by atoms with van der Waals surface area (Å²) in [6.07, 6.45) is 5.48. The highest BCUT2D eigenvalue weighted by Crippen LogP contribution is 2.14. The van der Waals surface area contributed by atoms with Crippen LogP contribution in [-0.4, -0.2) is 15.6 Å². The van der Waals surface area contributed by atoms with Crippen molar-refractivity contribution in [1.82, 2.24) is 14.9 Å². The van der Waals surface area contributed by atoms with Gasteiger partial charge in [-0.3, -0.25) is 0 Å². The van der Waals surface area contributed by atoms with Gasteiger partial charge in [-0.05, 0) is 30.7 Å². The number of rotatable bonds is 5. The Morgan fingerprint density at radius 2 is 2.28 bits per heavy atom. The van der Waals surface area contributed by atoms with Gasteiger partial charge in [0.05, 0.1) is 6.33 Å². The number of imidazole rings is 1. The molecule has 0 saturated heterocycles. The Morgan fingerprint density at radius 1 is 1.44 bits per heavy atom. The molecular weight excluding hydrogens is 297 g/mol. The zero-order valence-corrected chi connectivity index (χ0v) is 11.7. The van der Waals surface area contributed by atoms with E-state index in [1.807, 2.05) is 16.8 Å². The summed E-state index contributed by atoms with van der Waals surface area (Å²) in [5.41, 5.74) is 0.930. The fraction of sp³-hybridized carbons (Fsp3) is 0.308. The second kappa shape index (κ2) is 6.11. The molecule has 1 heterocycles. The molecule has 1 unspecified atom stereocenters. The third-order valence-electron chi connectivity index (χ3n) is 2.62. The standard InChI is InChI=1S/C13H15BrFN3/c1-10(8-18-3-2-16-9-18)17-7-11-4-12(14)6-13(15)5-11/h2-6,9-10,17H,7-8H2,1H3. The van der Waals surface area contributed by atoms with Crippen molar-refractivity contribution in [2.45, 2.75) is 26.1 Å². The molecule has 96 valence electrons. The molecule has 0 radical (unpaired) electrons. The van der Waals surface area contributed by atoms with E-state index < -0.39 is 0 Å². The highest BCUT2D eigenvalue weighted by atomic mass is 79.9. The maximum atomic E-state index is 13.2. The lowest BCUT2D eigenvalue weighted by Crippen LogP contribution is -2.29. The van der Waals surface area contributed by atoms with E-state index in [0.717, 1.165) is 16.6 Å². The van der Waals surface area contributed by atoms with E-state index in [2.05, 4.69) is 33.2 Å². The fourth-order valence-corrected chi connectivity index (χ4v) is 2.29. The Hall–Kier alpha value is -1.20. The average molecular weight is 312 g/mol. The molecule has 0 fully saturated rings. The van der Waals surface area contributed by atoms with Crippen LogP contribution in [0.4, 0.5) is 4.39 Å². The van der Waals surface area contributed by atoms with Crippen molar-refractivity contribution in [3.63, 3.8) is 0 Å². The maximum absolute atomic E-state index is 13.2. The van der Waals surface area contributed by atoms with Crippen LogP contribution in [0.5, 0.6) is 0 Å². The number of hydrogen-bond acceptors (Lipinski definition) is 2.